The van der Waals surface area contributed by atoms with Gasteiger partial charge in [-0.2, -0.15) is 8.42 Å². The van der Waals surface area contributed by atoms with Gasteiger partial charge in [0, 0.05) is 32.4 Å². The highest BCUT2D eigenvalue weighted by molar-refractivity contribution is 7.87. The fourth-order valence-corrected chi connectivity index (χ4v) is 2.53. The quantitative estimate of drug-likeness (QED) is 0.784. The van der Waals surface area contributed by atoms with Crippen LogP contribution in [0.3, 0.4) is 0 Å². The van der Waals surface area contributed by atoms with Gasteiger partial charge in [0.15, 0.2) is 0 Å². The number of rotatable bonds is 5. The lowest BCUT2D eigenvalue weighted by molar-refractivity contribution is 0.572. The lowest BCUT2D eigenvalue weighted by atomic mass is 10.2. The van der Waals surface area contributed by atoms with Gasteiger partial charge in [-0.15, -0.1) is 0 Å². The summed E-state index contributed by atoms with van der Waals surface area (Å²) in [5.74, 6) is 0. The van der Waals surface area contributed by atoms with Crippen molar-refractivity contribution in [1.29, 1.82) is 0 Å². The van der Waals surface area contributed by atoms with E-state index in [1.165, 1.54) is 18.3 Å². The van der Waals surface area contributed by atoms with Gasteiger partial charge in [0.25, 0.3) is 10.2 Å². The highest BCUT2D eigenvalue weighted by atomic mass is 32.2. The summed E-state index contributed by atoms with van der Waals surface area (Å²) in [5, 5.41) is 0. The molecule has 0 saturated heterocycles. The number of benzene rings is 1. The van der Waals surface area contributed by atoms with E-state index in [1.807, 2.05) is 12.1 Å². The second kappa shape index (κ2) is 5.03. The van der Waals surface area contributed by atoms with E-state index >= 15 is 0 Å². The number of nitrogens with zero attached hydrogens (tertiary/aromatic N) is 1. The van der Waals surface area contributed by atoms with Crippen molar-refractivity contribution in [1.82, 2.24) is 9.44 Å². The average molecular weight is 255 g/mol. The van der Waals surface area contributed by atoms with Crippen LogP contribution < -0.4 is 14.3 Å². The summed E-state index contributed by atoms with van der Waals surface area (Å²) in [4.78, 5) is 2.20. The van der Waals surface area contributed by atoms with Gasteiger partial charge < -0.3 is 4.90 Å². The molecule has 0 atom stereocenters. The third kappa shape index (κ3) is 2.96. The molecule has 1 aromatic rings. The fourth-order valence-electron chi connectivity index (χ4n) is 2.03. The van der Waals surface area contributed by atoms with Crippen molar-refractivity contribution in [3.05, 3.63) is 29.8 Å². The number of para-hydroxylation sites is 1. The van der Waals surface area contributed by atoms with Gasteiger partial charge in [-0.25, -0.2) is 9.44 Å². The van der Waals surface area contributed by atoms with Crippen molar-refractivity contribution < 1.29 is 8.42 Å². The molecule has 94 valence electrons. The summed E-state index contributed by atoms with van der Waals surface area (Å²) in [5.41, 5.74) is 2.56. The van der Waals surface area contributed by atoms with Gasteiger partial charge in [0.05, 0.1) is 0 Å². The zero-order valence-corrected chi connectivity index (χ0v) is 10.6. The van der Waals surface area contributed by atoms with E-state index < -0.39 is 10.2 Å². The molecule has 0 aromatic heterocycles. The number of hydrogen-bond donors (Lipinski definition) is 2. The van der Waals surface area contributed by atoms with Crippen molar-refractivity contribution in [2.24, 2.45) is 0 Å². The van der Waals surface area contributed by atoms with Gasteiger partial charge in [0.1, 0.15) is 0 Å². The standard InChI is InChI=1S/C11H17N3O2S/c1-12-17(15,16)13-7-9-14-8-6-10-4-2-3-5-11(10)14/h2-5,12-13H,6-9H2,1H3. The molecule has 0 aliphatic carbocycles. The first-order valence-electron chi connectivity index (χ1n) is 5.63. The Morgan fingerprint density at radius 1 is 1.35 bits per heavy atom. The first-order valence-corrected chi connectivity index (χ1v) is 7.12. The van der Waals surface area contributed by atoms with Crippen molar-refractivity contribution in [2.45, 2.75) is 6.42 Å². The molecule has 1 heterocycles. The van der Waals surface area contributed by atoms with Crippen LogP contribution in [0.15, 0.2) is 24.3 Å². The van der Waals surface area contributed by atoms with E-state index in [0.29, 0.717) is 13.1 Å². The van der Waals surface area contributed by atoms with E-state index in [0.717, 1.165) is 13.0 Å². The molecule has 5 nitrogen and oxygen atoms in total. The van der Waals surface area contributed by atoms with Crippen LogP contribution >= 0.6 is 0 Å². The minimum Gasteiger partial charge on any atom is -0.370 e. The van der Waals surface area contributed by atoms with Crippen molar-refractivity contribution in [3.63, 3.8) is 0 Å². The molecule has 0 fully saturated rings. The maximum Gasteiger partial charge on any atom is 0.276 e. The molecular formula is C11H17N3O2S. The van der Waals surface area contributed by atoms with Gasteiger partial charge in [0.2, 0.25) is 0 Å². The predicted molar refractivity (Wildman–Crippen MR) is 68.3 cm³/mol. The molecule has 1 aliphatic heterocycles. The van der Waals surface area contributed by atoms with E-state index in [1.54, 1.807) is 0 Å². The molecular weight excluding hydrogens is 238 g/mol. The molecule has 1 aromatic carbocycles. The second-order valence-electron chi connectivity index (χ2n) is 3.97. The summed E-state index contributed by atoms with van der Waals surface area (Å²) >= 11 is 0. The molecule has 2 N–H and O–H groups in total. The van der Waals surface area contributed by atoms with Gasteiger partial charge in [-0.05, 0) is 18.1 Å². The van der Waals surface area contributed by atoms with Crippen LogP contribution in [0.25, 0.3) is 0 Å². The molecule has 2 rings (SSSR count). The fraction of sp³-hybridized carbons (Fsp3) is 0.455. The van der Waals surface area contributed by atoms with E-state index in [-0.39, 0.29) is 0 Å². The zero-order chi connectivity index (χ0) is 12.3. The van der Waals surface area contributed by atoms with Crippen LogP contribution in [0.4, 0.5) is 5.69 Å². The largest absolute Gasteiger partial charge is 0.370 e. The predicted octanol–water partition coefficient (Wildman–Crippen LogP) is 0.103. The normalized spacial score (nSPS) is 15.0. The van der Waals surface area contributed by atoms with E-state index in [2.05, 4.69) is 26.5 Å². The number of anilines is 1. The zero-order valence-electron chi connectivity index (χ0n) is 9.81. The Hall–Kier alpha value is -1.11. The molecule has 1 aliphatic rings. The summed E-state index contributed by atoms with van der Waals surface area (Å²) in [6.45, 7) is 2.07. The van der Waals surface area contributed by atoms with Gasteiger partial charge in [-0.1, -0.05) is 18.2 Å². The summed E-state index contributed by atoms with van der Waals surface area (Å²) < 4.78 is 27.1. The molecule has 17 heavy (non-hydrogen) atoms. The minimum atomic E-state index is -3.32. The van der Waals surface area contributed by atoms with Crippen LogP contribution in [0.1, 0.15) is 5.56 Å². The Bertz CT molecular complexity index is 487. The lowest BCUT2D eigenvalue weighted by Gasteiger charge is -2.19. The maximum absolute atomic E-state index is 11.2. The highest BCUT2D eigenvalue weighted by Gasteiger charge is 2.18. The van der Waals surface area contributed by atoms with Crippen molar-refractivity contribution in [2.75, 3.05) is 31.6 Å². The average Bonchev–Trinajstić information content (AvgIpc) is 2.73. The Balaban J connectivity index is 1.90. The van der Waals surface area contributed by atoms with Crippen molar-refractivity contribution in [3.8, 4) is 0 Å². The first-order chi connectivity index (χ1) is 8.12. The highest BCUT2D eigenvalue weighted by Crippen LogP contribution is 2.26. The van der Waals surface area contributed by atoms with Crippen molar-refractivity contribution >= 4 is 15.9 Å². The van der Waals surface area contributed by atoms with Crippen LogP contribution in [-0.4, -0.2) is 35.1 Å². The minimum absolute atomic E-state index is 0.414. The second-order valence-corrected chi connectivity index (χ2v) is 5.67. The lowest BCUT2D eigenvalue weighted by Crippen LogP contribution is -2.39. The molecule has 0 amide bonds. The maximum atomic E-state index is 11.2. The topological polar surface area (TPSA) is 61.4 Å². The third-order valence-electron chi connectivity index (χ3n) is 2.93. The van der Waals surface area contributed by atoms with Crippen LogP contribution in [0.2, 0.25) is 0 Å². The Morgan fingerprint density at radius 2 is 2.12 bits per heavy atom. The SMILES string of the molecule is CNS(=O)(=O)NCCN1CCc2ccccc21. The number of nitrogens with one attached hydrogen (secondary N) is 2. The first kappa shape index (κ1) is 12.3. The molecule has 0 saturated carbocycles. The number of fused-ring (bicyclic) bond motifs is 1. The van der Waals surface area contributed by atoms with Gasteiger partial charge >= 0.3 is 0 Å². The summed E-state index contributed by atoms with van der Waals surface area (Å²) in [6.07, 6.45) is 1.04. The van der Waals surface area contributed by atoms with Crippen LogP contribution in [0, 0.1) is 0 Å². The molecule has 0 spiro atoms. The van der Waals surface area contributed by atoms with Gasteiger partial charge in [-0.3, -0.25) is 0 Å². The smallest absolute Gasteiger partial charge is 0.276 e. The number of hydrogen-bond acceptors (Lipinski definition) is 3. The van der Waals surface area contributed by atoms with E-state index in [9.17, 15) is 8.42 Å². The van der Waals surface area contributed by atoms with E-state index in [4.69, 9.17) is 0 Å². The van der Waals surface area contributed by atoms with Crippen LogP contribution in [0.5, 0.6) is 0 Å². The molecule has 0 radical (unpaired) electrons. The Morgan fingerprint density at radius 3 is 2.88 bits per heavy atom. The molecule has 0 unspecified atom stereocenters. The summed E-state index contributed by atoms with van der Waals surface area (Å²) in [6, 6.07) is 8.24. The molecule has 6 heteroatoms. The van der Waals surface area contributed by atoms with Crippen LogP contribution in [-0.2, 0) is 16.6 Å². The summed E-state index contributed by atoms with van der Waals surface area (Å²) in [7, 11) is -1.92. The molecule has 0 bridgehead atoms. The third-order valence-corrected chi connectivity index (χ3v) is 4.05. The monoisotopic (exact) mass is 255 g/mol. The Kier molecular flexibility index (Phi) is 3.66. The Labute approximate surface area is 102 Å².